The monoisotopic (exact) mass is 281 g/mol. The van der Waals surface area contributed by atoms with E-state index in [0.29, 0.717) is 13.1 Å². The molecule has 0 aromatic heterocycles. The maximum absolute atomic E-state index is 13.5. The van der Waals surface area contributed by atoms with Gasteiger partial charge in [-0.05, 0) is 31.0 Å². The number of benzene rings is 1. The molecule has 20 heavy (non-hydrogen) atoms. The molecule has 0 saturated carbocycles. The Morgan fingerprint density at radius 2 is 1.95 bits per heavy atom. The molecule has 5 heteroatoms. The molecule has 0 N–H and O–H groups in total. The zero-order valence-electron chi connectivity index (χ0n) is 11.2. The highest BCUT2D eigenvalue weighted by atomic mass is 19.1. The molecule has 2 aliphatic heterocycles. The summed E-state index contributed by atoms with van der Waals surface area (Å²) in [5, 5.41) is 0. The lowest BCUT2D eigenvalue weighted by Gasteiger charge is -2.52. The van der Waals surface area contributed by atoms with Crippen LogP contribution in [0.15, 0.2) is 18.2 Å². The summed E-state index contributed by atoms with van der Waals surface area (Å²) in [4.78, 5) is 13.8. The summed E-state index contributed by atoms with van der Waals surface area (Å²) in [5.74, 6) is -1.17. The maximum Gasteiger partial charge on any atom is 0.227 e. The molecule has 108 valence electrons. The van der Waals surface area contributed by atoms with Crippen molar-refractivity contribution in [2.24, 2.45) is 5.41 Å². The van der Waals surface area contributed by atoms with E-state index in [1.54, 1.807) is 4.90 Å². The van der Waals surface area contributed by atoms with Crippen LogP contribution in [0.5, 0.6) is 0 Å². The van der Waals surface area contributed by atoms with Crippen molar-refractivity contribution in [1.29, 1.82) is 0 Å². The van der Waals surface area contributed by atoms with Crippen molar-refractivity contribution in [2.75, 3.05) is 26.3 Å². The highest BCUT2D eigenvalue weighted by molar-refractivity contribution is 5.79. The number of carbonyl (C=O) groups excluding carboxylic acids is 1. The summed E-state index contributed by atoms with van der Waals surface area (Å²) in [5.41, 5.74) is 0.330. The Kier molecular flexibility index (Phi) is 3.46. The average molecular weight is 281 g/mol. The fraction of sp³-hybridized carbons (Fsp3) is 0.533. The number of hydrogen-bond donors (Lipinski definition) is 0. The third-order valence-corrected chi connectivity index (χ3v) is 4.31. The molecule has 2 fully saturated rings. The van der Waals surface area contributed by atoms with Crippen molar-refractivity contribution in [1.82, 2.24) is 4.90 Å². The van der Waals surface area contributed by atoms with E-state index in [4.69, 9.17) is 4.74 Å². The lowest BCUT2D eigenvalue weighted by molar-refractivity contribution is -0.149. The van der Waals surface area contributed by atoms with E-state index in [9.17, 15) is 13.6 Å². The summed E-state index contributed by atoms with van der Waals surface area (Å²) in [6, 6.07) is 3.22. The quantitative estimate of drug-likeness (QED) is 0.831. The first-order chi connectivity index (χ1) is 9.58. The molecule has 2 aliphatic rings. The van der Waals surface area contributed by atoms with E-state index in [2.05, 4.69) is 0 Å². The van der Waals surface area contributed by atoms with Crippen molar-refractivity contribution in [3.05, 3.63) is 35.4 Å². The van der Waals surface area contributed by atoms with Gasteiger partial charge >= 0.3 is 0 Å². The van der Waals surface area contributed by atoms with Crippen LogP contribution >= 0.6 is 0 Å². The molecule has 0 unspecified atom stereocenters. The van der Waals surface area contributed by atoms with E-state index in [0.717, 1.165) is 44.3 Å². The van der Waals surface area contributed by atoms with Gasteiger partial charge in [0.05, 0.1) is 6.42 Å². The van der Waals surface area contributed by atoms with Crippen LogP contribution in [-0.2, 0) is 16.0 Å². The minimum atomic E-state index is -0.527. The fourth-order valence-corrected chi connectivity index (χ4v) is 3.01. The maximum atomic E-state index is 13.5. The van der Waals surface area contributed by atoms with Gasteiger partial charge in [-0.2, -0.15) is 0 Å². The third-order valence-electron chi connectivity index (χ3n) is 4.31. The highest BCUT2D eigenvalue weighted by Crippen LogP contribution is 2.39. The molecule has 1 aromatic carbocycles. The number of halogens is 2. The largest absolute Gasteiger partial charge is 0.381 e. The molecule has 3 rings (SSSR count). The summed E-state index contributed by atoms with van der Waals surface area (Å²) < 4.78 is 31.9. The minimum absolute atomic E-state index is 0.0732. The lowest BCUT2D eigenvalue weighted by atomic mass is 9.73. The second-order valence-corrected chi connectivity index (χ2v) is 5.77. The summed E-state index contributed by atoms with van der Waals surface area (Å²) in [6.45, 7) is 2.93. The molecule has 1 amide bonds. The Bertz CT molecular complexity index is 519. The van der Waals surface area contributed by atoms with Gasteiger partial charge in [-0.15, -0.1) is 0 Å². The second kappa shape index (κ2) is 5.13. The first-order valence-corrected chi connectivity index (χ1v) is 6.87. The van der Waals surface area contributed by atoms with E-state index >= 15 is 0 Å². The lowest BCUT2D eigenvalue weighted by Crippen LogP contribution is -2.60. The van der Waals surface area contributed by atoms with Crippen LogP contribution in [0.3, 0.4) is 0 Å². The van der Waals surface area contributed by atoms with Crippen LogP contribution in [0.4, 0.5) is 8.78 Å². The Hall–Kier alpha value is -1.49. The van der Waals surface area contributed by atoms with Gasteiger partial charge in [0, 0.05) is 37.3 Å². The Labute approximate surface area is 116 Å². The van der Waals surface area contributed by atoms with E-state index < -0.39 is 11.6 Å². The van der Waals surface area contributed by atoms with Crippen LogP contribution in [0.2, 0.25) is 0 Å². The standard InChI is InChI=1S/C15H17F2NO2/c16-12-1-2-13(17)11(7-12)8-14(19)18-9-15(10-18)3-5-20-6-4-15/h1-2,7H,3-6,8-10H2. The fourth-order valence-electron chi connectivity index (χ4n) is 3.01. The molecule has 2 heterocycles. The van der Waals surface area contributed by atoms with Crippen molar-refractivity contribution in [3.63, 3.8) is 0 Å². The van der Waals surface area contributed by atoms with Crippen LogP contribution in [0, 0.1) is 17.0 Å². The van der Waals surface area contributed by atoms with Gasteiger partial charge in [0.15, 0.2) is 0 Å². The molecule has 2 saturated heterocycles. The molecule has 0 atom stereocenters. The first kappa shape index (κ1) is 13.5. The predicted molar refractivity (Wildman–Crippen MR) is 69.1 cm³/mol. The van der Waals surface area contributed by atoms with Gasteiger partial charge in [0.25, 0.3) is 0 Å². The Morgan fingerprint density at radius 1 is 1.25 bits per heavy atom. The molecule has 1 spiro atoms. The van der Waals surface area contributed by atoms with Crippen LogP contribution < -0.4 is 0 Å². The van der Waals surface area contributed by atoms with Crippen molar-refractivity contribution in [2.45, 2.75) is 19.3 Å². The SMILES string of the molecule is O=C(Cc1cc(F)ccc1F)N1CC2(CCOCC2)C1. The number of ether oxygens (including phenoxy) is 1. The van der Waals surface area contributed by atoms with E-state index in [1.807, 2.05) is 0 Å². The van der Waals surface area contributed by atoms with Gasteiger partial charge in [0.2, 0.25) is 5.91 Å². The van der Waals surface area contributed by atoms with Gasteiger partial charge < -0.3 is 9.64 Å². The topological polar surface area (TPSA) is 29.5 Å². The summed E-state index contributed by atoms with van der Waals surface area (Å²) in [6.07, 6.45) is 1.88. The number of nitrogens with zero attached hydrogens (tertiary/aromatic N) is 1. The normalized spacial score (nSPS) is 20.8. The van der Waals surface area contributed by atoms with Gasteiger partial charge in [-0.1, -0.05) is 0 Å². The van der Waals surface area contributed by atoms with Crippen molar-refractivity contribution >= 4 is 5.91 Å². The minimum Gasteiger partial charge on any atom is -0.381 e. The molecule has 0 aliphatic carbocycles. The van der Waals surface area contributed by atoms with Gasteiger partial charge in [-0.3, -0.25) is 4.79 Å². The number of rotatable bonds is 2. The second-order valence-electron chi connectivity index (χ2n) is 5.77. The highest BCUT2D eigenvalue weighted by Gasteiger charge is 2.45. The number of amides is 1. The smallest absolute Gasteiger partial charge is 0.227 e. The first-order valence-electron chi connectivity index (χ1n) is 6.87. The Morgan fingerprint density at radius 3 is 2.65 bits per heavy atom. The summed E-state index contributed by atoms with van der Waals surface area (Å²) in [7, 11) is 0. The molecular formula is C15H17F2NO2. The molecule has 3 nitrogen and oxygen atoms in total. The van der Waals surface area contributed by atoms with E-state index in [-0.39, 0.29) is 23.3 Å². The number of hydrogen-bond acceptors (Lipinski definition) is 2. The third kappa shape index (κ3) is 2.54. The molecule has 1 aromatic rings. The van der Waals surface area contributed by atoms with Gasteiger partial charge in [0.1, 0.15) is 11.6 Å². The summed E-state index contributed by atoms with van der Waals surface area (Å²) >= 11 is 0. The Balaban J connectivity index is 1.59. The molecular weight excluding hydrogens is 264 g/mol. The predicted octanol–water partition coefficient (Wildman–Crippen LogP) is 2.15. The van der Waals surface area contributed by atoms with E-state index in [1.165, 1.54) is 0 Å². The zero-order chi connectivity index (χ0) is 14.2. The van der Waals surface area contributed by atoms with Crippen molar-refractivity contribution < 1.29 is 18.3 Å². The van der Waals surface area contributed by atoms with Crippen molar-refractivity contribution in [3.8, 4) is 0 Å². The van der Waals surface area contributed by atoms with Crippen LogP contribution in [0.1, 0.15) is 18.4 Å². The van der Waals surface area contributed by atoms with Crippen LogP contribution in [-0.4, -0.2) is 37.1 Å². The van der Waals surface area contributed by atoms with Crippen LogP contribution in [0.25, 0.3) is 0 Å². The average Bonchev–Trinajstić information content (AvgIpc) is 2.41. The van der Waals surface area contributed by atoms with Gasteiger partial charge in [-0.25, -0.2) is 8.78 Å². The number of carbonyl (C=O) groups is 1. The molecule has 0 bridgehead atoms. The number of likely N-dealkylation sites (tertiary alicyclic amines) is 1. The molecule has 0 radical (unpaired) electrons. The zero-order valence-corrected chi connectivity index (χ0v) is 11.2.